The molecule has 5 nitrogen and oxygen atoms in total. The first-order valence-corrected chi connectivity index (χ1v) is 7.53. The summed E-state index contributed by atoms with van der Waals surface area (Å²) in [6.07, 6.45) is 1.59. The Balaban J connectivity index is 2.69. The summed E-state index contributed by atoms with van der Waals surface area (Å²) < 4.78 is 26.7. The Kier molecular flexibility index (Phi) is 5.10. The van der Waals surface area contributed by atoms with Gasteiger partial charge in [-0.1, -0.05) is 13.8 Å². The molecule has 0 saturated carbocycles. The van der Waals surface area contributed by atoms with Crippen molar-refractivity contribution >= 4 is 15.7 Å². The van der Waals surface area contributed by atoms with Gasteiger partial charge < -0.3 is 5.32 Å². The maximum absolute atomic E-state index is 12.1. The first-order chi connectivity index (χ1) is 8.31. The largest absolute Gasteiger partial charge is 0.313 e. The first kappa shape index (κ1) is 14.9. The second-order valence-electron chi connectivity index (χ2n) is 4.71. The fraction of sp³-hybridized carbons (Fsp3) is 0.583. The third-order valence-electron chi connectivity index (χ3n) is 2.50. The van der Waals surface area contributed by atoms with E-state index >= 15 is 0 Å². The molecule has 0 aromatic carbocycles. The molecule has 6 heteroatoms. The quantitative estimate of drug-likeness (QED) is 0.823. The van der Waals surface area contributed by atoms with Crippen LogP contribution in [0.2, 0.25) is 0 Å². The number of hydrogen-bond acceptors (Lipinski definition) is 4. The van der Waals surface area contributed by atoms with Gasteiger partial charge in [0.25, 0.3) is 0 Å². The molecule has 0 aliphatic carbocycles. The van der Waals surface area contributed by atoms with Crippen molar-refractivity contribution in [2.45, 2.75) is 39.0 Å². The number of hydrogen-bond donors (Lipinski definition) is 2. The van der Waals surface area contributed by atoms with Gasteiger partial charge in [-0.2, -0.15) is 0 Å². The Morgan fingerprint density at radius 1 is 1.33 bits per heavy atom. The van der Waals surface area contributed by atoms with Gasteiger partial charge in [0.1, 0.15) is 0 Å². The van der Waals surface area contributed by atoms with E-state index in [9.17, 15) is 8.42 Å². The van der Waals surface area contributed by atoms with Gasteiger partial charge in [0, 0.05) is 24.5 Å². The lowest BCUT2D eigenvalue weighted by atomic mass is 10.3. The predicted octanol–water partition coefficient (Wildman–Crippen LogP) is 1.52. The summed E-state index contributed by atoms with van der Waals surface area (Å²) in [5.41, 5.74) is 1.34. The zero-order chi connectivity index (χ0) is 13.8. The van der Waals surface area contributed by atoms with Crippen molar-refractivity contribution < 1.29 is 8.42 Å². The molecule has 0 aliphatic rings. The van der Waals surface area contributed by atoms with Crippen LogP contribution in [-0.2, 0) is 10.0 Å². The van der Waals surface area contributed by atoms with Crippen molar-refractivity contribution in [2.24, 2.45) is 0 Å². The van der Waals surface area contributed by atoms with Crippen molar-refractivity contribution in [3.63, 3.8) is 0 Å². The van der Waals surface area contributed by atoms with Gasteiger partial charge >= 0.3 is 0 Å². The molecule has 1 rings (SSSR count). The van der Waals surface area contributed by atoms with Crippen LogP contribution in [0.4, 0.5) is 5.69 Å². The maximum atomic E-state index is 12.1. The summed E-state index contributed by atoms with van der Waals surface area (Å²) in [6, 6.07) is 3.62. The van der Waals surface area contributed by atoms with E-state index in [1.54, 1.807) is 25.3 Å². The minimum atomic E-state index is -3.37. The number of nitrogens with one attached hydrogen (secondary N) is 2. The topological polar surface area (TPSA) is 71.1 Å². The minimum absolute atomic E-state index is 0.269. The smallest absolute Gasteiger partial charge is 0.236 e. The number of sulfonamides is 1. The van der Waals surface area contributed by atoms with E-state index in [0.29, 0.717) is 12.2 Å². The maximum Gasteiger partial charge on any atom is 0.236 e. The van der Waals surface area contributed by atoms with E-state index in [1.807, 2.05) is 20.8 Å². The van der Waals surface area contributed by atoms with Crippen LogP contribution in [0.1, 0.15) is 26.5 Å². The molecular formula is C12H21N3O2S. The van der Waals surface area contributed by atoms with E-state index < -0.39 is 15.3 Å². The van der Waals surface area contributed by atoms with E-state index in [-0.39, 0.29) is 6.04 Å². The van der Waals surface area contributed by atoms with Crippen LogP contribution in [0.5, 0.6) is 0 Å². The number of pyridine rings is 1. The lowest BCUT2D eigenvalue weighted by molar-refractivity contribution is 0.553. The highest BCUT2D eigenvalue weighted by Crippen LogP contribution is 2.12. The molecule has 1 atom stereocenters. The fourth-order valence-corrected chi connectivity index (χ4v) is 2.36. The summed E-state index contributed by atoms with van der Waals surface area (Å²) in [6.45, 7) is 7.91. The van der Waals surface area contributed by atoms with E-state index in [1.165, 1.54) is 0 Å². The van der Waals surface area contributed by atoms with Gasteiger partial charge in [-0.15, -0.1) is 0 Å². The normalized spacial score (nSPS) is 13.6. The molecule has 0 saturated heterocycles. The molecule has 0 bridgehead atoms. The van der Waals surface area contributed by atoms with Crippen LogP contribution >= 0.6 is 0 Å². The van der Waals surface area contributed by atoms with Gasteiger partial charge in [-0.3, -0.25) is 9.71 Å². The van der Waals surface area contributed by atoms with Gasteiger partial charge in [0.05, 0.1) is 10.9 Å². The zero-order valence-corrected chi connectivity index (χ0v) is 12.1. The van der Waals surface area contributed by atoms with Crippen molar-refractivity contribution in [3.05, 3.63) is 24.0 Å². The number of anilines is 1. The second kappa shape index (κ2) is 6.15. The molecule has 0 aliphatic heterocycles. The van der Waals surface area contributed by atoms with Crippen LogP contribution in [0.25, 0.3) is 0 Å². The Labute approximate surface area is 109 Å². The summed E-state index contributed by atoms with van der Waals surface area (Å²) in [5, 5.41) is 2.62. The summed E-state index contributed by atoms with van der Waals surface area (Å²) in [4.78, 5) is 4.03. The minimum Gasteiger partial charge on any atom is -0.313 e. The monoisotopic (exact) mass is 271 g/mol. The molecule has 1 aromatic heterocycles. The summed E-state index contributed by atoms with van der Waals surface area (Å²) >= 11 is 0. The van der Waals surface area contributed by atoms with Crippen molar-refractivity contribution in [2.75, 3.05) is 11.3 Å². The highest BCUT2D eigenvalue weighted by atomic mass is 32.2. The second-order valence-corrected chi connectivity index (χ2v) is 6.81. The molecule has 2 N–H and O–H groups in total. The molecule has 0 radical (unpaired) electrons. The van der Waals surface area contributed by atoms with Gasteiger partial charge in [-0.05, 0) is 26.0 Å². The average Bonchev–Trinajstić information content (AvgIpc) is 2.25. The van der Waals surface area contributed by atoms with Crippen LogP contribution < -0.4 is 10.0 Å². The molecule has 1 heterocycles. The van der Waals surface area contributed by atoms with E-state index in [0.717, 1.165) is 5.69 Å². The summed E-state index contributed by atoms with van der Waals surface area (Å²) in [7, 11) is -3.37. The molecule has 18 heavy (non-hydrogen) atoms. The molecule has 102 valence electrons. The van der Waals surface area contributed by atoms with Gasteiger partial charge in [-0.25, -0.2) is 8.42 Å². The van der Waals surface area contributed by atoms with Crippen LogP contribution in [0.15, 0.2) is 18.3 Å². The highest BCUT2D eigenvalue weighted by molar-refractivity contribution is 7.93. The SMILES string of the molecule is Cc1cc(NS(=O)(=O)C(C)CNC(C)C)ccn1. The number of aryl methyl sites for hydroxylation is 1. The van der Waals surface area contributed by atoms with E-state index in [4.69, 9.17) is 0 Å². The van der Waals surface area contributed by atoms with Crippen LogP contribution in [0.3, 0.4) is 0 Å². The average molecular weight is 271 g/mol. The third kappa shape index (κ3) is 4.62. The molecule has 0 fully saturated rings. The van der Waals surface area contributed by atoms with Gasteiger partial charge in [0.15, 0.2) is 0 Å². The van der Waals surface area contributed by atoms with Crippen LogP contribution in [-0.4, -0.2) is 31.2 Å². The Bertz CT molecular complexity index is 486. The number of aromatic nitrogens is 1. The highest BCUT2D eigenvalue weighted by Gasteiger charge is 2.20. The lowest BCUT2D eigenvalue weighted by Crippen LogP contribution is -2.37. The molecule has 1 unspecified atom stereocenters. The van der Waals surface area contributed by atoms with Crippen molar-refractivity contribution in [3.8, 4) is 0 Å². The number of rotatable bonds is 6. The summed E-state index contributed by atoms with van der Waals surface area (Å²) in [5.74, 6) is 0. The lowest BCUT2D eigenvalue weighted by Gasteiger charge is -2.17. The zero-order valence-electron chi connectivity index (χ0n) is 11.3. The van der Waals surface area contributed by atoms with Crippen molar-refractivity contribution in [1.82, 2.24) is 10.3 Å². The van der Waals surface area contributed by atoms with Crippen molar-refractivity contribution in [1.29, 1.82) is 0 Å². The molecule has 0 spiro atoms. The standard InChI is InChI=1S/C12H21N3O2S/c1-9(2)14-8-11(4)18(16,17)15-12-5-6-13-10(3)7-12/h5-7,9,11,14H,8H2,1-4H3,(H,13,15). The first-order valence-electron chi connectivity index (χ1n) is 5.99. The van der Waals surface area contributed by atoms with Gasteiger partial charge in [0.2, 0.25) is 10.0 Å². The van der Waals surface area contributed by atoms with E-state index in [2.05, 4.69) is 15.0 Å². The molecule has 1 aromatic rings. The number of nitrogens with zero attached hydrogens (tertiary/aromatic N) is 1. The fourth-order valence-electron chi connectivity index (χ4n) is 1.39. The third-order valence-corrected chi connectivity index (χ3v) is 4.25. The Hall–Kier alpha value is -1.14. The Morgan fingerprint density at radius 3 is 2.56 bits per heavy atom. The van der Waals surface area contributed by atoms with Crippen LogP contribution in [0, 0.1) is 6.92 Å². The molecule has 0 amide bonds. The predicted molar refractivity (Wildman–Crippen MR) is 74.1 cm³/mol. The Morgan fingerprint density at radius 2 is 2.00 bits per heavy atom. The molecular weight excluding hydrogens is 250 g/mol.